The zero-order valence-electron chi connectivity index (χ0n) is 9.04. The Labute approximate surface area is 113 Å². The van der Waals surface area contributed by atoms with Gasteiger partial charge in [0.1, 0.15) is 18.0 Å². The molecule has 0 unspecified atom stereocenters. The van der Waals surface area contributed by atoms with Gasteiger partial charge in [-0.2, -0.15) is 0 Å². The number of nitrogens with one attached hydrogen (secondary N) is 2. The second-order valence-corrected chi connectivity index (χ2v) is 4.61. The maximum Gasteiger partial charge on any atom is 0.135 e. The van der Waals surface area contributed by atoms with Crippen molar-refractivity contribution in [3.8, 4) is 0 Å². The molecule has 0 aliphatic heterocycles. The molecular weight excluding hydrogens is 304 g/mol. The molecule has 0 radical (unpaired) electrons. The first-order chi connectivity index (χ1) is 8.19. The van der Waals surface area contributed by atoms with Crippen LogP contribution in [0.25, 0.3) is 0 Å². The van der Waals surface area contributed by atoms with Crippen LogP contribution in [0.15, 0.2) is 35.1 Å². The third-order valence-corrected chi connectivity index (χ3v) is 2.94. The summed E-state index contributed by atoms with van der Waals surface area (Å²) in [6.07, 6.45) is 1.49. The first-order valence-electron chi connectivity index (χ1n) is 4.91. The standard InChI is InChI=1S/C11H10BrClN4/c1-14-10-5-11(16-6-15-10)17-9-4-7(12)2-3-8(9)13/h2-6H,1H3,(H2,14,15,16,17). The fourth-order valence-corrected chi connectivity index (χ4v) is 1.82. The Balaban J connectivity index is 2.27. The maximum atomic E-state index is 6.08. The summed E-state index contributed by atoms with van der Waals surface area (Å²) in [5, 5.41) is 6.72. The van der Waals surface area contributed by atoms with Crippen LogP contribution in [-0.4, -0.2) is 17.0 Å². The molecule has 1 aromatic heterocycles. The Morgan fingerprint density at radius 1 is 1.18 bits per heavy atom. The summed E-state index contributed by atoms with van der Waals surface area (Å²) in [7, 11) is 1.80. The molecule has 0 saturated carbocycles. The van der Waals surface area contributed by atoms with Crippen LogP contribution in [0.2, 0.25) is 5.02 Å². The molecular formula is C11H10BrClN4. The molecule has 6 heteroatoms. The quantitative estimate of drug-likeness (QED) is 0.907. The largest absolute Gasteiger partial charge is 0.373 e. The van der Waals surface area contributed by atoms with Crippen molar-refractivity contribution in [3.05, 3.63) is 40.1 Å². The van der Waals surface area contributed by atoms with Crippen molar-refractivity contribution in [2.75, 3.05) is 17.7 Å². The van der Waals surface area contributed by atoms with Gasteiger partial charge in [-0.3, -0.25) is 0 Å². The van der Waals surface area contributed by atoms with Crippen molar-refractivity contribution in [2.45, 2.75) is 0 Å². The van der Waals surface area contributed by atoms with E-state index in [2.05, 4.69) is 36.5 Å². The number of benzene rings is 1. The molecule has 0 bridgehead atoms. The van der Waals surface area contributed by atoms with E-state index in [1.54, 1.807) is 13.1 Å². The smallest absolute Gasteiger partial charge is 0.135 e. The highest BCUT2D eigenvalue weighted by Gasteiger charge is 2.03. The van der Waals surface area contributed by atoms with Gasteiger partial charge in [-0.1, -0.05) is 27.5 Å². The summed E-state index contributed by atoms with van der Waals surface area (Å²) in [5.41, 5.74) is 0.793. The van der Waals surface area contributed by atoms with Crippen LogP contribution in [0.5, 0.6) is 0 Å². The van der Waals surface area contributed by atoms with Gasteiger partial charge in [-0.05, 0) is 18.2 Å². The van der Waals surface area contributed by atoms with Crippen molar-refractivity contribution >= 4 is 44.9 Å². The molecule has 0 spiro atoms. The van der Waals surface area contributed by atoms with Gasteiger partial charge < -0.3 is 10.6 Å². The van der Waals surface area contributed by atoms with Gasteiger partial charge >= 0.3 is 0 Å². The molecule has 1 aromatic carbocycles. The third-order valence-electron chi connectivity index (χ3n) is 2.11. The van der Waals surface area contributed by atoms with E-state index >= 15 is 0 Å². The zero-order chi connectivity index (χ0) is 12.3. The molecule has 0 saturated heterocycles. The molecule has 17 heavy (non-hydrogen) atoms. The molecule has 88 valence electrons. The molecule has 0 fully saturated rings. The van der Waals surface area contributed by atoms with Crippen molar-refractivity contribution in [1.29, 1.82) is 0 Å². The summed E-state index contributed by atoms with van der Waals surface area (Å²) in [4.78, 5) is 8.15. The minimum Gasteiger partial charge on any atom is -0.373 e. The summed E-state index contributed by atoms with van der Waals surface area (Å²) in [6.45, 7) is 0. The molecule has 4 nitrogen and oxygen atoms in total. The highest BCUT2D eigenvalue weighted by Crippen LogP contribution is 2.28. The SMILES string of the molecule is CNc1cc(Nc2cc(Br)ccc2Cl)ncn1. The van der Waals surface area contributed by atoms with E-state index < -0.39 is 0 Å². The Morgan fingerprint density at radius 3 is 2.71 bits per heavy atom. The first-order valence-corrected chi connectivity index (χ1v) is 6.08. The Morgan fingerprint density at radius 2 is 1.94 bits per heavy atom. The number of hydrogen-bond donors (Lipinski definition) is 2. The van der Waals surface area contributed by atoms with Crippen LogP contribution >= 0.6 is 27.5 Å². The number of halogens is 2. The highest BCUT2D eigenvalue weighted by molar-refractivity contribution is 9.10. The van der Waals surface area contributed by atoms with Crippen LogP contribution in [-0.2, 0) is 0 Å². The van der Waals surface area contributed by atoms with E-state index in [4.69, 9.17) is 11.6 Å². The second kappa shape index (κ2) is 5.33. The summed E-state index contributed by atoms with van der Waals surface area (Å²) in [5.74, 6) is 1.43. The topological polar surface area (TPSA) is 49.8 Å². The van der Waals surface area contributed by atoms with Crippen LogP contribution in [0.1, 0.15) is 0 Å². The van der Waals surface area contributed by atoms with E-state index in [-0.39, 0.29) is 0 Å². The molecule has 2 aromatic rings. The lowest BCUT2D eigenvalue weighted by molar-refractivity contribution is 1.16. The summed E-state index contributed by atoms with van der Waals surface area (Å²) >= 11 is 9.47. The maximum absolute atomic E-state index is 6.08. The Bertz CT molecular complexity index is 533. The van der Waals surface area contributed by atoms with E-state index in [1.165, 1.54) is 6.33 Å². The average molecular weight is 314 g/mol. The van der Waals surface area contributed by atoms with Crippen LogP contribution in [0.4, 0.5) is 17.3 Å². The molecule has 2 N–H and O–H groups in total. The molecule has 1 heterocycles. The van der Waals surface area contributed by atoms with Crippen molar-refractivity contribution in [2.24, 2.45) is 0 Å². The number of aromatic nitrogens is 2. The monoisotopic (exact) mass is 312 g/mol. The molecule has 0 atom stereocenters. The van der Waals surface area contributed by atoms with Gasteiger partial charge in [0.25, 0.3) is 0 Å². The van der Waals surface area contributed by atoms with Gasteiger partial charge in [-0.25, -0.2) is 9.97 Å². The predicted octanol–water partition coefficient (Wildman–Crippen LogP) is 3.68. The van der Waals surface area contributed by atoms with Gasteiger partial charge in [0.15, 0.2) is 0 Å². The number of rotatable bonds is 3. The Hall–Kier alpha value is -1.33. The molecule has 2 rings (SSSR count). The number of nitrogens with zero attached hydrogens (tertiary/aromatic N) is 2. The van der Waals surface area contributed by atoms with Crippen LogP contribution in [0.3, 0.4) is 0 Å². The number of anilines is 3. The Kier molecular flexibility index (Phi) is 3.81. The van der Waals surface area contributed by atoms with Gasteiger partial charge in [-0.15, -0.1) is 0 Å². The molecule has 0 aliphatic carbocycles. The lowest BCUT2D eigenvalue weighted by atomic mass is 10.3. The predicted molar refractivity (Wildman–Crippen MR) is 74.0 cm³/mol. The normalized spacial score (nSPS) is 10.1. The fourth-order valence-electron chi connectivity index (χ4n) is 1.29. The van der Waals surface area contributed by atoms with Gasteiger partial charge in [0.2, 0.25) is 0 Å². The highest BCUT2D eigenvalue weighted by atomic mass is 79.9. The first kappa shape index (κ1) is 12.1. The summed E-state index contributed by atoms with van der Waals surface area (Å²) in [6, 6.07) is 7.39. The molecule has 0 aliphatic rings. The van der Waals surface area contributed by atoms with E-state index in [1.807, 2.05) is 18.2 Å². The van der Waals surface area contributed by atoms with Gasteiger partial charge in [0, 0.05) is 17.6 Å². The van der Waals surface area contributed by atoms with E-state index in [9.17, 15) is 0 Å². The van der Waals surface area contributed by atoms with Crippen molar-refractivity contribution < 1.29 is 0 Å². The fraction of sp³-hybridized carbons (Fsp3) is 0.0909. The second-order valence-electron chi connectivity index (χ2n) is 3.29. The van der Waals surface area contributed by atoms with Gasteiger partial charge in [0.05, 0.1) is 10.7 Å². The lowest BCUT2D eigenvalue weighted by Gasteiger charge is -2.08. The average Bonchev–Trinajstić information content (AvgIpc) is 2.34. The summed E-state index contributed by atoms with van der Waals surface area (Å²) < 4.78 is 0.951. The van der Waals surface area contributed by atoms with Crippen LogP contribution in [0, 0.1) is 0 Å². The van der Waals surface area contributed by atoms with Crippen molar-refractivity contribution in [3.63, 3.8) is 0 Å². The van der Waals surface area contributed by atoms with Crippen molar-refractivity contribution in [1.82, 2.24) is 9.97 Å². The lowest BCUT2D eigenvalue weighted by Crippen LogP contribution is -1.98. The zero-order valence-corrected chi connectivity index (χ0v) is 11.4. The number of hydrogen-bond acceptors (Lipinski definition) is 4. The van der Waals surface area contributed by atoms with E-state index in [0.717, 1.165) is 16.0 Å². The minimum absolute atomic E-state index is 0.637. The minimum atomic E-state index is 0.637. The third kappa shape index (κ3) is 3.08. The van der Waals surface area contributed by atoms with E-state index in [0.29, 0.717) is 10.8 Å². The molecule has 0 amide bonds. The van der Waals surface area contributed by atoms with Crippen LogP contribution < -0.4 is 10.6 Å².